The Balaban J connectivity index is -0.000000107. The Bertz CT molecular complexity index is 105. The highest BCUT2D eigenvalue weighted by atomic mass is 14.1. The van der Waals surface area contributed by atoms with E-state index in [0.29, 0.717) is 10.8 Å². The average Bonchev–Trinajstić information content (AvgIpc) is 2.06. The molecule has 91 valence electrons. The maximum absolute atomic E-state index is 2.27. The molecule has 0 aliphatic carbocycles. The van der Waals surface area contributed by atoms with Gasteiger partial charge in [-0.05, 0) is 10.8 Å². The van der Waals surface area contributed by atoms with Gasteiger partial charge in [0.25, 0.3) is 0 Å². The molecule has 0 aromatic rings. The summed E-state index contributed by atoms with van der Waals surface area (Å²) >= 11 is 0. The third kappa shape index (κ3) is 41.5. The highest BCUT2D eigenvalue weighted by molar-refractivity contribution is 5.75. The minimum absolute atomic E-state index is 0. The Morgan fingerprint density at radius 1 is 0.533 bits per heavy atom. The van der Waals surface area contributed by atoms with Crippen molar-refractivity contribution in [2.75, 3.05) is 0 Å². The Morgan fingerprint density at radius 3 is 0.733 bits per heavy atom. The zero-order valence-corrected chi connectivity index (χ0v) is 12.7. The van der Waals surface area contributed by atoms with E-state index >= 15 is 0 Å². The maximum Gasteiger partial charge on any atom is 0 e. The van der Waals surface area contributed by atoms with Crippen LogP contribution in [0.3, 0.4) is 0 Å². The first-order valence-corrected chi connectivity index (χ1v) is 5.91. The molecule has 0 atom stereocenters. The fourth-order valence-electron chi connectivity index (χ4n) is 0.500. The molecule has 1 heteroatoms. The van der Waals surface area contributed by atoms with Crippen LogP contribution in [0.25, 0.3) is 0 Å². The van der Waals surface area contributed by atoms with E-state index in [0.717, 1.165) is 0 Å². The van der Waals surface area contributed by atoms with Crippen LogP contribution in [0.4, 0.5) is 0 Å². The molecule has 0 amide bonds. The number of hydrogen-bond donors (Lipinski definition) is 0. The van der Waals surface area contributed by atoms with Crippen LogP contribution in [0.15, 0.2) is 12.2 Å². The molecule has 0 saturated carbocycles. The van der Waals surface area contributed by atoms with E-state index in [9.17, 15) is 0 Å². The lowest BCUT2D eigenvalue weighted by Crippen LogP contribution is -2.04. The molecule has 0 aliphatic rings. The molecule has 0 aromatic carbocycles. The van der Waals surface area contributed by atoms with Crippen molar-refractivity contribution >= 4 is 8.41 Å². The summed E-state index contributed by atoms with van der Waals surface area (Å²) in [5.41, 5.74) is 0.653. The van der Waals surface area contributed by atoms with E-state index in [1.165, 1.54) is 0 Å². The van der Waals surface area contributed by atoms with Crippen LogP contribution < -0.4 is 0 Å². The van der Waals surface area contributed by atoms with Crippen molar-refractivity contribution < 1.29 is 0 Å². The Morgan fingerprint density at radius 2 is 0.667 bits per heavy atom. The average molecular weight is 211 g/mol. The van der Waals surface area contributed by atoms with Gasteiger partial charge in [-0.1, -0.05) is 81.4 Å². The topological polar surface area (TPSA) is 0 Å². The predicted octanol–water partition coefficient (Wildman–Crippen LogP) is 5.31. The molecule has 0 aromatic heterocycles. The molecule has 0 rings (SSSR count). The van der Waals surface area contributed by atoms with Gasteiger partial charge in [-0.2, -0.15) is 0 Å². The molecule has 3 radical (unpaired) electrons. The molecular formula is C14H32B. The summed E-state index contributed by atoms with van der Waals surface area (Å²) in [6.45, 7) is 21.3. The first kappa shape index (κ1) is 24.2. The van der Waals surface area contributed by atoms with Gasteiger partial charge in [0.2, 0.25) is 0 Å². The fourth-order valence-corrected chi connectivity index (χ4v) is 0.500. The Labute approximate surface area is 101 Å². The van der Waals surface area contributed by atoms with E-state index in [1.54, 1.807) is 0 Å². The van der Waals surface area contributed by atoms with E-state index in [-0.39, 0.29) is 8.41 Å². The largest absolute Gasteiger partial charge is 0.0826 e. The molecule has 0 nitrogen and oxygen atoms in total. The summed E-state index contributed by atoms with van der Waals surface area (Å²) in [5, 5.41) is 0. The van der Waals surface area contributed by atoms with Gasteiger partial charge in [0.05, 0.1) is 0 Å². The number of rotatable bonds is 0. The predicted molar refractivity (Wildman–Crippen MR) is 76.5 cm³/mol. The van der Waals surface area contributed by atoms with Crippen LogP contribution in [-0.2, 0) is 0 Å². The highest BCUT2D eigenvalue weighted by Crippen LogP contribution is 2.21. The smallest absolute Gasteiger partial charge is 0 e. The molecule has 0 aliphatic heterocycles. The third-order valence-corrected chi connectivity index (χ3v) is 1.08. The normalized spacial score (nSPS) is 10.5. The lowest BCUT2D eigenvalue weighted by molar-refractivity contribution is 0.502. The van der Waals surface area contributed by atoms with Crippen LogP contribution in [0, 0.1) is 10.8 Å². The number of hydrogen-bond acceptors (Lipinski definition) is 0. The van der Waals surface area contributed by atoms with Crippen LogP contribution in [-0.4, -0.2) is 8.41 Å². The van der Waals surface area contributed by atoms with Crippen molar-refractivity contribution in [2.45, 2.75) is 69.2 Å². The second-order valence-corrected chi connectivity index (χ2v) is 5.07. The first-order valence-electron chi connectivity index (χ1n) is 5.91. The SMILES string of the molecule is CC.CC.CC(C)(C)C=CC(C)(C)C.[B]. The zero-order chi connectivity index (χ0) is 12.4. The van der Waals surface area contributed by atoms with Crippen LogP contribution in [0.5, 0.6) is 0 Å². The van der Waals surface area contributed by atoms with E-state index in [1.807, 2.05) is 27.7 Å². The molecule has 0 bridgehead atoms. The lowest BCUT2D eigenvalue weighted by atomic mass is 9.89. The van der Waals surface area contributed by atoms with Crippen molar-refractivity contribution in [1.29, 1.82) is 0 Å². The second-order valence-electron chi connectivity index (χ2n) is 5.07. The van der Waals surface area contributed by atoms with Gasteiger partial charge in [0.15, 0.2) is 0 Å². The van der Waals surface area contributed by atoms with Gasteiger partial charge in [0.1, 0.15) is 0 Å². The van der Waals surface area contributed by atoms with Crippen molar-refractivity contribution in [3.8, 4) is 0 Å². The van der Waals surface area contributed by atoms with E-state index in [4.69, 9.17) is 0 Å². The van der Waals surface area contributed by atoms with Crippen LogP contribution in [0.1, 0.15) is 69.2 Å². The molecular weight excluding hydrogens is 179 g/mol. The molecule has 0 heterocycles. The second kappa shape index (κ2) is 11.9. The van der Waals surface area contributed by atoms with Gasteiger partial charge in [-0.3, -0.25) is 0 Å². The molecule has 0 saturated heterocycles. The molecule has 0 unspecified atom stereocenters. The van der Waals surface area contributed by atoms with Gasteiger partial charge < -0.3 is 0 Å². The minimum atomic E-state index is 0. The van der Waals surface area contributed by atoms with Crippen LogP contribution in [0.2, 0.25) is 0 Å². The minimum Gasteiger partial charge on any atom is -0.0826 e. The summed E-state index contributed by atoms with van der Waals surface area (Å²) < 4.78 is 0. The summed E-state index contributed by atoms with van der Waals surface area (Å²) in [6.07, 6.45) is 4.54. The summed E-state index contributed by atoms with van der Waals surface area (Å²) in [7, 11) is 0. The zero-order valence-electron chi connectivity index (χ0n) is 12.7. The van der Waals surface area contributed by atoms with Gasteiger partial charge in [0, 0.05) is 8.41 Å². The van der Waals surface area contributed by atoms with Crippen molar-refractivity contribution in [2.24, 2.45) is 10.8 Å². The quantitative estimate of drug-likeness (QED) is 0.376. The number of allylic oxidation sites excluding steroid dienone is 2. The first-order chi connectivity index (χ1) is 6.21. The van der Waals surface area contributed by atoms with Crippen molar-refractivity contribution in [3.05, 3.63) is 12.2 Å². The summed E-state index contributed by atoms with van der Waals surface area (Å²) in [4.78, 5) is 0. The fraction of sp³-hybridized carbons (Fsp3) is 0.857. The lowest BCUT2D eigenvalue weighted by Gasteiger charge is -2.17. The molecule has 0 N–H and O–H groups in total. The summed E-state index contributed by atoms with van der Waals surface area (Å²) in [5.74, 6) is 0. The van der Waals surface area contributed by atoms with Crippen molar-refractivity contribution in [3.63, 3.8) is 0 Å². The third-order valence-electron chi connectivity index (χ3n) is 1.08. The Hall–Kier alpha value is -0.195. The molecule has 0 fully saturated rings. The van der Waals surface area contributed by atoms with E-state index < -0.39 is 0 Å². The summed E-state index contributed by atoms with van der Waals surface area (Å²) in [6, 6.07) is 0. The van der Waals surface area contributed by atoms with Crippen LogP contribution >= 0.6 is 0 Å². The standard InChI is InChI=1S/C10H20.2C2H6.B/c1-9(2,3)7-8-10(4,5)6;2*1-2;/h7-8H,1-6H3;2*1-2H3;. The van der Waals surface area contributed by atoms with Gasteiger partial charge in [-0.15, -0.1) is 0 Å². The molecule has 0 spiro atoms. The van der Waals surface area contributed by atoms with Gasteiger partial charge in [-0.25, -0.2) is 0 Å². The van der Waals surface area contributed by atoms with E-state index in [2.05, 4.69) is 53.7 Å². The van der Waals surface area contributed by atoms with Gasteiger partial charge >= 0.3 is 0 Å². The van der Waals surface area contributed by atoms with Crippen molar-refractivity contribution in [1.82, 2.24) is 0 Å². The Kier molecular flexibility index (Phi) is 19.1. The maximum atomic E-state index is 2.27. The monoisotopic (exact) mass is 211 g/mol. The highest BCUT2D eigenvalue weighted by Gasteiger charge is 2.08. The molecule has 15 heavy (non-hydrogen) atoms.